The summed E-state index contributed by atoms with van der Waals surface area (Å²) < 4.78 is 0. The van der Waals surface area contributed by atoms with Crippen molar-refractivity contribution < 1.29 is 15.0 Å². The Morgan fingerprint density at radius 2 is 1.81 bits per heavy atom. The Labute approximate surface area is 153 Å². The molecular weight excluding hydrogens is 328 g/mol. The molecule has 1 aromatic heterocycles. The van der Waals surface area contributed by atoms with E-state index < -0.39 is 6.10 Å². The van der Waals surface area contributed by atoms with Crippen LogP contribution in [0.15, 0.2) is 36.4 Å². The first-order valence-electron chi connectivity index (χ1n) is 9.60. The van der Waals surface area contributed by atoms with Crippen LogP contribution in [0, 0.1) is 11.8 Å². The lowest BCUT2D eigenvalue weighted by atomic mass is 9.86. The number of carbonyl (C=O) groups is 1. The van der Waals surface area contributed by atoms with Crippen LogP contribution >= 0.6 is 0 Å². The number of aliphatic hydroxyl groups excluding tert-OH is 2. The van der Waals surface area contributed by atoms with E-state index in [1.54, 1.807) is 0 Å². The van der Waals surface area contributed by atoms with Crippen LogP contribution in [0.4, 0.5) is 0 Å². The van der Waals surface area contributed by atoms with E-state index in [0.717, 1.165) is 29.4 Å². The number of amides is 1. The van der Waals surface area contributed by atoms with Gasteiger partial charge in [-0.1, -0.05) is 24.3 Å². The van der Waals surface area contributed by atoms with Gasteiger partial charge in [0.2, 0.25) is 5.91 Å². The first-order chi connectivity index (χ1) is 12.6. The number of β-amino-alcohol motifs (C(OH)–C–C–N with tert-alkyl or cyclic N) is 1. The van der Waals surface area contributed by atoms with Crippen LogP contribution in [-0.2, 0) is 11.2 Å². The second-order valence-corrected chi connectivity index (χ2v) is 7.78. The van der Waals surface area contributed by atoms with Gasteiger partial charge in [0, 0.05) is 36.0 Å². The number of aliphatic hydroxyl groups is 2. The molecule has 0 bridgehead atoms. The van der Waals surface area contributed by atoms with E-state index in [4.69, 9.17) is 4.98 Å². The van der Waals surface area contributed by atoms with Gasteiger partial charge >= 0.3 is 0 Å². The third kappa shape index (κ3) is 3.60. The normalized spacial score (nSPS) is 29.2. The fraction of sp³-hybridized carbons (Fsp3) is 0.524. The molecule has 2 N–H and O–H groups in total. The minimum absolute atomic E-state index is 0.00291. The van der Waals surface area contributed by atoms with E-state index in [1.165, 1.54) is 0 Å². The zero-order valence-corrected chi connectivity index (χ0v) is 14.9. The molecular formula is C21H26N2O3. The molecule has 2 aliphatic rings. The number of hydrogen-bond donors (Lipinski definition) is 2. The highest BCUT2D eigenvalue weighted by atomic mass is 16.3. The molecule has 2 atom stereocenters. The summed E-state index contributed by atoms with van der Waals surface area (Å²) in [6.07, 6.45) is 2.84. The summed E-state index contributed by atoms with van der Waals surface area (Å²) in [7, 11) is 0. The minimum atomic E-state index is -0.499. The van der Waals surface area contributed by atoms with Gasteiger partial charge < -0.3 is 15.1 Å². The summed E-state index contributed by atoms with van der Waals surface area (Å²) in [6, 6.07) is 12.1. The van der Waals surface area contributed by atoms with E-state index in [2.05, 4.69) is 6.07 Å². The number of pyridine rings is 1. The second-order valence-electron chi connectivity index (χ2n) is 7.78. The van der Waals surface area contributed by atoms with Crippen molar-refractivity contribution in [1.82, 2.24) is 9.88 Å². The molecule has 1 saturated carbocycles. The van der Waals surface area contributed by atoms with Crippen LogP contribution in [0.3, 0.4) is 0 Å². The molecule has 138 valence electrons. The second kappa shape index (κ2) is 7.33. The number of rotatable bonds is 3. The monoisotopic (exact) mass is 354 g/mol. The fourth-order valence-corrected chi connectivity index (χ4v) is 4.31. The molecule has 1 amide bonds. The summed E-state index contributed by atoms with van der Waals surface area (Å²) in [5.41, 5.74) is 1.93. The lowest BCUT2D eigenvalue weighted by Gasteiger charge is -2.28. The first kappa shape index (κ1) is 17.4. The van der Waals surface area contributed by atoms with Crippen molar-refractivity contribution in [1.29, 1.82) is 0 Å². The third-order valence-electron chi connectivity index (χ3n) is 5.89. The highest BCUT2D eigenvalue weighted by molar-refractivity contribution is 5.79. The lowest BCUT2D eigenvalue weighted by Crippen LogP contribution is -2.37. The van der Waals surface area contributed by atoms with Crippen molar-refractivity contribution in [3.8, 4) is 0 Å². The molecule has 1 saturated heterocycles. The van der Waals surface area contributed by atoms with Crippen molar-refractivity contribution in [3.63, 3.8) is 0 Å². The quantitative estimate of drug-likeness (QED) is 0.886. The molecule has 2 fully saturated rings. The Morgan fingerprint density at radius 1 is 1.04 bits per heavy atom. The Kier molecular flexibility index (Phi) is 4.92. The number of benzene rings is 1. The van der Waals surface area contributed by atoms with E-state index in [0.29, 0.717) is 32.4 Å². The maximum Gasteiger partial charge on any atom is 0.225 e. The fourth-order valence-electron chi connectivity index (χ4n) is 4.31. The Morgan fingerprint density at radius 3 is 2.62 bits per heavy atom. The lowest BCUT2D eigenvalue weighted by molar-refractivity contribution is -0.136. The molecule has 0 spiro atoms. The SMILES string of the molecule is O=C(C1CCC(O)CC1)N1CC(O)C(Cc2ccc3ccccc3n2)C1. The molecule has 0 radical (unpaired) electrons. The van der Waals surface area contributed by atoms with Crippen LogP contribution in [0.1, 0.15) is 31.4 Å². The topological polar surface area (TPSA) is 73.7 Å². The van der Waals surface area contributed by atoms with Crippen LogP contribution in [0.2, 0.25) is 0 Å². The van der Waals surface area contributed by atoms with Crippen molar-refractivity contribution in [2.45, 2.75) is 44.3 Å². The van der Waals surface area contributed by atoms with Gasteiger partial charge in [-0.15, -0.1) is 0 Å². The van der Waals surface area contributed by atoms with Crippen LogP contribution in [-0.4, -0.2) is 51.3 Å². The van der Waals surface area contributed by atoms with Gasteiger partial charge in [-0.25, -0.2) is 0 Å². The predicted molar refractivity (Wildman–Crippen MR) is 99.5 cm³/mol. The third-order valence-corrected chi connectivity index (χ3v) is 5.89. The smallest absolute Gasteiger partial charge is 0.225 e. The zero-order chi connectivity index (χ0) is 18.1. The minimum Gasteiger partial charge on any atom is -0.393 e. The van der Waals surface area contributed by atoms with Gasteiger partial charge in [0.05, 0.1) is 17.7 Å². The average Bonchev–Trinajstić information content (AvgIpc) is 3.02. The molecule has 4 rings (SSSR count). The molecule has 2 unspecified atom stereocenters. The molecule has 5 nitrogen and oxygen atoms in total. The Bertz CT molecular complexity index is 786. The molecule has 5 heteroatoms. The largest absolute Gasteiger partial charge is 0.393 e. The van der Waals surface area contributed by atoms with Gasteiger partial charge in [0.15, 0.2) is 0 Å². The van der Waals surface area contributed by atoms with Gasteiger partial charge in [-0.2, -0.15) is 0 Å². The highest BCUT2D eigenvalue weighted by Crippen LogP contribution is 2.29. The predicted octanol–water partition coefficient (Wildman–Crippen LogP) is 2.15. The van der Waals surface area contributed by atoms with Crippen molar-refractivity contribution >= 4 is 16.8 Å². The number of hydrogen-bond acceptors (Lipinski definition) is 4. The summed E-state index contributed by atoms with van der Waals surface area (Å²) in [5.74, 6) is 0.176. The van der Waals surface area contributed by atoms with Crippen LogP contribution in [0.5, 0.6) is 0 Å². The first-order valence-corrected chi connectivity index (χ1v) is 9.60. The number of aromatic nitrogens is 1. The van der Waals surface area contributed by atoms with Crippen molar-refractivity contribution in [2.75, 3.05) is 13.1 Å². The van der Waals surface area contributed by atoms with Gasteiger partial charge in [0.25, 0.3) is 0 Å². The van der Waals surface area contributed by atoms with Crippen molar-refractivity contribution in [3.05, 3.63) is 42.1 Å². The standard InChI is InChI=1S/C21H26N2O3/c24-18-9-6-15(7-10-18)21(26)23-12-16(20(25)13-23)11-17-8-5-14-3-1-2-4-19(14)22-17/h1-5,8,15-16,18,20,24-25H,6-7,9-13H2. The molecule has 1 aliphatic carbocycles. The number of nitrogens with zero attached hydrogens (tertiary/aromatic N) is 2. The summed E-state index contributed by atoms with van der Waals surface area (Å²) in [6.45, 7) is 1.00. The van der Waals surface area contributed by atoms with E-state index in [-0.39, 0.29) is 23.8 Å². The van der Waals surface area contributed by atoms with Gasteiger partial charge in [-0.3, -0.25) is 9.78 Å². The molecule has 1 aliphatic heterocycles. The molecule has 26 heavy (non-hydrogen) atoms. The van der Waals surface area contributed by atoms with Gasteiger partial charge in [-0.05, 0) is 44.2 Å². The summed E-state index contributed by atoms with van der Waals surface area (Å²) >= 11 is 0. The van der Waals surface area contributed by atoms with E-state index in [1.807, 2.05) is 35.2 Å². The average molecular weight is 354 g/mol. The molecule has 1 aromatic carbocycles. The zero-order valence-electron chi connectivity index (χ0n) is 14.9. The Balaban J connectivity index is 1.40. The van der Waals surface area contributed by atoms with Crippen LogP contribution < -0.4 is 0 Å². The Hall–Kier alpha value is -1.98. The number of para-hydroxylation sites is 1. The number of fused-ring (bicyclic) bond motifs is 1. The van der Waals surface area contributed by atoms with Gasteiger partial charge in [0.1, 0.15) is 0 Å². The van der Waals surface area contributed by atoms with Crippen molar-refractivity contribution in [2.24, 2.45) is 11.8 Å². The highest BCUT2D eigenvalue weighted by Gasteiger charge is 2.37. The molecule has 2 aromatic rings. The number of carbonyl (C=O) groups excluding carboxylic acids is 1. The van der Waals surface area contributed by atoms with Crippen LogP contribution in [0.25, 0.3) is 10.9 Å². The molecule has 2 heterocycles. The maximum absolute atomic E-state index is 12.7. The van der Waals surface area contributed by atoms with E-state index in [9.17, 15) is 15.0 Å². The summed E-state index contributed by atoms with van der Waals surface area (Å²) in [4.78, 5) is 19.3. The maximum atomic E-state index is 12.7. The number of likely N-dealkylation sites (tertiary alicyclic amines) is 1. The summed E-state index contributed by atoms with van der Waals surface area (Å²) in [5, 5.41) is 21.2. The van der Waals surface area contributed by atoms with E-state index >= 15 is 0 Å².